The van der Waals surface area contributed by atoms with Crippen molar-refractivity contribution in [2.45, 2.75) is 18.3 Å². The number of hydrogen-bond donors (Lipinski definition) is 1. The summed E-state index contributed by atoms with van der Waals surface area (Å²) in [5.74, 6) is -0.133. The zero-order valence-electron chi connectivity index (χ0n) is 7.19. The third-order valence-corrected chi connectivity index (χ3v) is 3.24. The second kappa shape index (κ2) is 3.07. The molecule has 13 heavy (non-hydrogen) atoms. The number of nitrogens with two attached hydrogens (primary N) is 1. The minimum Gasteiger partial charge on any atom is -0.330 e. The van der Waals surface area contributed by atoms with Crippen LogP contribution in [0.3, 0.4) is 0 Å². The largest absolute Gasteiger partial charge is 0.330 e. The minimum atomic E-state index is -0.133. The molecule has 0 bridgehead atoms. The van der Waals surface area contributed by atoms with E-state index in [1.807, 2.05) is 6.07 Å². The lowest BCUT2D eigenvalue weighted by Gasteiger charge is -2.13. The Bertz CT molecular complexity index is 334. The predicted octanol–water partition coefficient (Wildman–Crippen LogP) is 2.58. The topological polar surface area (TPSA) is 26.0 Å². The summed E-state index contributed by atoms with van der Waals surface area (Å²) in [7, 11) is 0. The molecule has 1 aromatic rings. The average Bonchev–Trinajstić information content (AvgIpc) is 2.90. The van der Waals surface area contributed by atoms with E-state index >= 15 is 0 Å². The summed E-state index contributed by atoms with van der Waals surface area (Å²) in [5.41, 5.74) is 6.34. The molecule has 0 spiro atoms. The van der Waals surface area contributed by atoms with E-state index in [0.717, 1.165) is 22.9 Å². The van der Waals surface area contributed by atoms with Gasteiger partial charge >= 0.3 is 0 Å². The van der Waals surface area contributed by atoms with Crippen LogP contribution in [0.4, 0.5) is 4.39 Å². The molecule has 3 heteroatoms. The molecule has 0 saturated heterocycles. The van der Waals surface area contributed by atoms with E-state index in [0.29, 0.717) is 6.54 Å². The third kappa shape index (κ3) is 1.51. The molecule has 1 aliphatic carbocycles. The molecule has 0 aliphatic heterocycles. The van der Waals surface area contributed by atoms with Gasteiger partial charge in [0.2, 0.25) is 0 Å². The van der Waals surface area contributed by atoms with Crippen molar-refractivity contribution in [2.75, 3.05) is 6.54 Å². The van der Waals surface area contributed by atoms with E-state index in [-0.39, 0.29) is 11.2 Å². The molecule has 70 valence electrons. The second-order valence-electron chi connectivity index (χ2n) is 3.61. The molecular formula is C10H11BrFN. The van der Waals surface area contributed by atoms with Gasteiger partial charge in [0.25, 0.3) is 0 Å². The summed E-state index contributed by atoms with van der Waals surface area (Å²) < 4.78 is 14.3. The van der Waals surface area contributed by atoms with Crippen LogP contribution >= 0.6 is 15.9 Å². The molecule has 1 saturated carbocycles. The van der Waals surface area contributed by atoms with Gasteiger partial charge in [0.05, 0.1) is 0 Å². The van der Waals surface area contributed by atoms with E-state index in [9.17, 15) is 4.39 Å². The second-order valence-corrected chi connectivity index (χ2v) is 4.52. The quantitative estimate of drug-likeness (QED) is 0.850. The lowest BCUT2D eigenvalue weighted by atomic mass is 9.96. The highest BCUT2D eigenvalue weighted by atomic mass is 79.9. The number of halogens is 2. The van der Waals surface area contributed by atoms with E-state index in [2.05, 4.69) is 15.9 Å². The summed E-state index contributed by atoms with van der Waals surface area (Å²) in [6, 6.07) is 5.05. The van der Waals surface area contributed by atoms with Crippen LogP contribution in [0.15, 0.2) is 22.7 Å². The first-order valence-electron chi connectivity index (χ1n) is 4.33. The summed E-state index contributed by atoms with van der Waals surface area (Å²) in [6.45, 7) is 0.542. The van der Waals surface area contributed by atoms with Crippen LogP contribution in [-0.4, -0.2) is 6.54 Å². The van der Waals surface area contributed by atoms with Crippen molar-refractivity contribution >= 4 is 15.9 Å². The molecule has 1 aromatic carbocycles. The molecule has 0 unspecified atom stereocenters. The van der Waals surface area contributed by atoms with Crippen molar-refractivity contribution in [3.63, 3.8) is 0 Å². The van der Waals surface area contributed by atoms with Gasteiger partial charge in [0.1, 0.15) is 5.82 Å². The Labute approximate surface area is 85.3 Å². The van der Waals surface area contributed by atoms with Gasteiger partial charge in [-0.15, -0.1) is 0 Å². The Balaban J connectivity index is 2.44. The highest BCUT2D eigenvalue weighted by Crippen LogP contribution is 2.48. The zero-order chi connectivity index (χ0) is 9.47. The highest BCUT2D eigenvalue weighted by molar-refractivity contribution is 9.10. The summed E-state index contributed by atoms with van der Waals surface area (Å²) in [4.78, 5) is 0. The molecule has 2 rings (SSSR count). The lowest BCUT2D eigenvalue weighted by Crippen LogP contribution is -2.21. The fraction of sp³-hybridized carbons (Fsp3) is 0.400. The SMILES string of the molecule is NCC1(c2cc(Br)ccc2F)CC1. The maximum Gasteiger partial charge on any atom is 0.127 e. The van der Waals surface area contributed by atoms with Crippen molar-refractivity contribution in [2.24, 2.45) is 5.73 Å². The number of hydrogen-bond acceptors (Lipinski definition) is 1. The van der Waals surface area contributed by atoms with Crippen molar-refractivity contribution in [3.05, 3.63) is 34.1 Å². The molecule has 0 atom stereocenters. The van der Waals surface area contributed by atoms with Gasteiger partial charge < -0.3 is 5.73 Å². The van der Waals surface area contributed by atoms with E-state index in [1.54, 1.807) is 6.07 Å². The van der Waals surface area contributed by atoms with Crippen LogP contribution < -0.4 is 5.73 Å². The molecule has 0 amide bonds. The van der Waals surface area contributed by atoms with Gasteiger partial charge in [0.15, 0.2) is 0 Å². The zero-order valence-corrected chi connectivity index (χ0v) is 8.77. The first kappa shape index (κ1) is 9.16. The van der Waals surface area contributed by atoms with Crippen molar-refractivity contribution in [1.82, 2.24) is 0 Å². The van der Waals surface area contributed by atoms with Gasteiger partial charge in [-0.1, -0.05) is 15.9 Å². The van der Waals surface area contributed by atoms with E-state index in [4.69, 9.17) is 5.73 Å². The molecule has 1 nitrogen and oxygen atoms in total. The summed E-state index contributed by atoms with van der Waals surface area (Å²) in [5, 5.41) is 0. The van der Waals surface area contributed by atoms with Crippen molar-refractivity contribution < 1.29 is 4.39 Å². The van der Waals surface area contributed by atoms with E-state index < -0.39 is 0 Å². The van der Waals surface area contributed by atoms with Gasteiger partial charge in [0, 0.05) is 16.4 Å². The maximum atomic E-state index is 13.4. The van der Waals surface area contributed by atoms with Crippen LogP contribution in [0.2, 0.25) is 0 Å². The molecule has 0 aromatic heterocycles. The first-order valence-corrected chi connectivity index (χ1v) is 5.13. The first-order chi connectivity index (χ1) is 6.18. The maximum absolute atomic E-state index is 13.4. The third-order valence-electron chi connectivity index (χ3n) is 2.74. The summed E-state index contributed by atoms with van der Waals surface area (Å²) >= 11 is 3.34. The predicted molar refractivity (Wildman–Crippen MR) is 54.1 cm³/mol. The monoisotopic (exact) mass is 243 g/mol. The van der Waals surface area contributed by atoms with Crippen LogP contribution in [0, 0.1) is 5.82 Å². The number of benzene rings is 1. The van der Waals surface area contributed by atoms with Crippen molar-refractivity contribution in [3.8, 4) is 0 Å². The fourth-order valence-corrected chi connectivity index (χ4v) is 2.00. The smallest absolute Gasteiger partial charge is 0.127 e. The van der Waals surface area contributed by atoms with Gasteiger partial charge in [-0.25, -0.2) is 4.39 Å². The molecule has 0 heterocycles. The van der Waals surface area contributed by atoms with Crippen LogP contribution in [0.1, 0.15) is 18.4 Å². The average molecular weight is 244 g/mol. The van der Waals surface area contributed by atoms with Gasteiger partial charge in [-0.2, -0.15) is 0 Å². The van der Waals surface area contributed by atoms with Gasteiger partial charge in [-0.3, -0.25) is 0 Å². The van der Waals surface area contributed by atoms with Crippen LogP contribution in [-0.2, 0) is 5.41 Å². The van der Waals surface area contributed by atoms with E-state index in [1.165, 1.54) is 6.07 Å². The number of rotatable bonds is 2. The normalized spacial score (nSPS) is 18.7. The Morgan fingerprint density at radius 3 is 2.69 bits per heavy atom. The highest BCUT2D eigenvalue weighted by Gasteiger charge is 2.44. The fourth-order valence-electron chi connectivity index (χ4n) is 1.64. The Hall–Kier alpha value is -0.410. The van der Waals surface area contributed by atoms with Crippen LogP contribution in [0.5, 0.6) is 0 Å². The Morgan fingerprint density at radius 1 is 1.46 bits per heavy atom. The molecular weight excluding hydrogens is 233 g/mol. The van der Waals surface area contributed by atoms with Crippen molar-refractivity contribution in [1.29, 1.82) is 0 Å². The lowest BCUT2D eigenvalue weighted by molar-refractivity contribution is 0.572. The molecule has 1 fully saturated rings. The van der Waals surface area contributed by atoms with Gasteiger partial charge in [-0.05, 0) is 36.6 Å². The molecule has 2 N–H and O–H groups in total. The van der Waals surface area contributed by atoms with Crippen LogP contribution in [0.25, 0.3) is 0 Å². The minimum absolute atomic E-state index is 0.0616. The Morgan fingerprint density at radius 2 is 2.15 bits per heavy atom. The summed E-state index contributed by atoms with van der Waals surface area (Å²) in [6.07, 6.45) is 2.02. The molecule has 1 aliphatic rings. The standard InChI is InChI=1S/C10H11BrFN/c11-7-1-2-9(12)8(5-7)10(6-13)3-4-10/h1-2,5H,3-4,6,13H2. The Kier molecular flexibility index (Phi) is 2.16. The molecule has 0 radical (unpaired) electrons.